The summed E-state index contributed by atoms with van der Waals surface area (Å²) in [5, 5.41) is 16.0. The number of fused-ring (bicyclic) bond motifs is 1. The molecule has 1 aromatic heterocycles. The van der Waals surface area contributed by atoms with Gasteiger partial charge in [0.2, 0.25) is 5.91 Å². The van der Waals surface area contributed by atoms with E-state index in [1.807, 2.05) is 18.3 Å². The Hall–Kier alpha value is -2.25. The third-order valence-electron chi connectivity index (χ3n) is 5.24. The van der Waals surface area contributed by atoms with Gasteiger partial charge in [0.05, 0.1) is 17.2 Å². The lowest BCUT2D eigenvalue weighted by atomic mass is 9.96. The van der Waals surface area contributed by atoms with Gasteiger partial charge in [-0.15, -0.1) is 11.3 Å². The van der Waals surface area contributed by atoms with Gasteiger partial charge in [-0.25, -0.2) is 0 Å². The van der Waals surface area contributed by atoms with E-state index in [1.165, 1.54) is 35.4 Å². The molecule has 0 spiro atoms. The fourth-order valence-electron chi connectivity index (χ4n) is 3.77. The average Bonchev–Trinajstić information content (AvgIpc) is 3.32. The molecule has 136 valence electrons. The minimum absolute atomic E-state index is 0.0114. The van der Waals surface area contributed by atoms with E-state index >= 15 is 0 Å². The first-order valence-electron chi connectivity index (χ1n) is 8.88. The molecule has 2 aromatic rings. The van der Waals surface area contributed by atoms with E-state index in [4.69, 9.17) is 0 Å². The zero-order valence-electron chi connectivity index (χ0n) is 14.6. The van der Waals surface area contributed by atoms with Crippen LogP contribution in [0.1, 0.15) is 34.9 Å². The van der Waals surface area contributed by atoms with Crippen molar-refractivity contribution in [2.45, 2.75) is 32.2 Å². The van der Waals surface area contributed by atoms with Crippen LogP contribution in [0.15, 0.2) is 29.6 Å². The lowest BCUT2D eigenvalue weighted by molar-refractivity contribution is -0.384. The number of carbonyl (C=O) groups excluding carboxylic acids is 1. The van der Waals surface area contributed by atoms with Crippen LogP contribution in [-0.4, -0.2) is 28.8 Å². The molecule has 2 heterocycles. The summed E-state index contributed by atoms with van der Waals surface area (Å²) in [4.78, 5) is 26.9. The van der Waals surface area contributed by atoms with Crippen molar-refractivity contribution in [2.24, 2.45) is 5.92 Å². The number of anilines is 1. The first-order chi connectivity index (χ1) is 12.5. The number of nitro groups is 1. The SMILES string of the molecule is Cc1ccc([N+](=O)[O-])cc1NC(=O)CN1CCc2sccc2[C@@H]1C1CC1. The van der Waals surface area contributed by atoms with Crippen molar-refractivity contribution in [1.82, 2.24) is 4.90 Å². The highest BCUT2D eigenvalue weighted by molar-refractivity contribution is 7.10. The highest BCUT2D eigenvalue weighted by atomic mass is 32.1. The molecule has 0 unspecified atom stereocenters. The summed E-state index contributed by atoms with van der Waals surface area (Å²) in [6.45, 7) is 3.04. The smallest absolute Gasteiger partial charge is 0.271 e. The monoisotopic (exact) mass is 371 g/mol. The summed E-state index contributed by atoms with van der Waals surface area (Å²) < 4.78 is 0. The number of carbonyl (C=O) groups is 1. The van der Waals surface area contributed by atoms with Gasteiger partial charge in [-0.1, -0.05) is 6.07 Å². The van der Waals surface area contributed by atoms with Crippen LogP contribution in [0.25, 0.3) is 0 Å². The van der Waals surface area contributed by atoms with E-state index in [-0.39, 0.29) is 11.6 Å². The highest BCUT2D eigenvalue weighted by Crippen LogP contribution is 2.48. The number of non-ortho nitro benzene ring substituents is 1. The Balaban J connectivity index is 1.48. The van der Waals surface area contributed by atoms with Gasteiger partial charge in [0.1, 0.15) is 0 Å². The minimum Gasteiger partial charge on any atom is -0.324 e. The molecule has 1 aliphatic heterocycles. The molecule has 6 nitrogen and oxygen atoms in total. The molecule has 4 rings (SSSR count). The van der Waals surface area contributed by atoms with Crippen LogP contribution in [0.5, 0.6) is 0 Å². The molecule has 1 atom stereocenters. The predicted octanol–water partition coefficient (Wildman–Crippen LogP) is 3.91. The Bertz CT molecular complexity index is 859. The maximum Gasteiger partial charge on any atom is 0.271 e. The van der Waals surface area contributed by atoms with E-state index in [0.29, 0.717) is 24.2 Å². The number of rotatable bonds is 5. The Labute approximate surface area is 156 Å². The molecule has 0 bridgehead atoms. The fraction of sp³-hybridized carbons (Fsp3) is 0.421. The van der Waals surface area contributed by atoms with Crippen molar-refractivity contribution >= 4 is 28.6 Å². The van der Waals surface area contributed by atoms with Crippen LogP contribution in [-0.2, 0) is 11.2 Å². The number of thiophene rings is 1. The van der Waals surface area contributed by atoms with Crippen LogP contribution in [0.2, 0.25) is 0 Å². The minimum atomic E-state index is -0.443. The number of benzene rings is 1. The first kappa shape index (κ1) is 17.2. The van der Waals surface area contributed by atoms with Crippen molar-refractivity contribution in [3.63, 3.8) is 0 Å². The van der Waals surface area contributed by atoms with Crippen molar-refractivity contribution < 1.29 is 9.72 Å². The Morgan fingerprint density at radius 2 is 2.19 bits per heavy atom. The predicted molar refractivity (Wildman–Crippen MR) is 102 cm³/mol. The van der Waals surface area contributed by atoms with Gasteiger partial charge in [0.25, 0.3) is 5.69 Å². The third kappa shape index (κ3) is 3.37. The second kappa shape index (κ2) is 6.81. The number of nitrogens with one attached hydrogen (secondary N) is 1. The van der Waals surface area contributed by atoms with E-state index in [1.54, 1.807) is 6.07 Å². The summed E-state index contributed by atoms with van der Waals surface area (Å²) in [5.41, 5.74) is 2.72. The lowest BCUT2D eigenvalue weighted by Gasteiger charge is -2.35. The molecular formula is C19H21N3O3S. The van der Waals surface area contributed by atoms with Gasteiger partial charge in [-0.3, -0.25) is 19.8 Å². The molecule has 1 fully saturated rings. The van der Waals surface area contributed by atoms with Gasteiger partial charge >= 0.3 is 0 Å². The summed E-state index contributed by atoms with van der Waals surface area (Å²) >= 11 is 1.81. The van der Waals surface area contributed by atoms with Gasteiger partial charge in [-0.05, 0) is 54.7 Å². The average molecular weight is 371 g/mol. The summed E-state index contributed by atoms with van der Waals surface area (Å²) in [7, 11) is 0. The summed E-state index contributed by atoms with van der Waals surface area (Å²) in [6.07, 6.45) is 3.43. The van der Waals surface area contributed by atoms with Crippen molar-refractivity contribution in [1.29, 1.82) is 0 Å². The maximum atomic E-state index is 12.6. The molecule has 1 N–H and O–H groups in total. The number of hydrogen-bond donors (Lipinski definition) is 1. The largest absolute Gasteiger partial charge is 0.324 e. The molecule has 2 aliphatic rings. The van der Waals surface area contributed by atoms with E-state index < -0.39 is 4.92 Å². The Kier molecular flexibility index (Phi) is 4.50. The van der Waals surface area contributed by atoms with Crippen LogP contribution in [0, 0.1) is 23.0 Å². The molecule has 1 aliphatic carbocycles. The number of nitro benzene ring substituents is 1. The van der Waals surface area contributed by atoms with Crippen LogP contribution in [0.3, 0.4) is 0 Å². The second-order valence-corrected chi connectivity index (χ2v) is 8.11. The van der Waals surface area contributed by atoms with E-state index in [0.717, 1.165) is 18.5 Å². The molecule has 0 saturated heterocycles. The topological polar surface area (TPSA) is 75.5 Å². The van der Waals surface area contributed by atoms with Crippen LogP contribution in [0.4, 0.5) is 11.4 Å². The fourth-order valence-corrected chi connectivity index (χ4v) is 4.68. The maximum absolute atomic E-state index is 12.6. The Morgan fingerprint density at radius 1 is 1.38 bits per heavy atom. The highest BCUT2D eigenvalue weighted by Gasteiger charge is 2.40. The van der Waals surface area contributed by atoms with Crippen molar-refractivity contribution in [3.05, 3.63) is 55.8 Å². The molecule has 0 radical (unpaired) electrons. The molecule has 1 amide bonds. The normalized spacial score (nSPS) is 19.8. The molecule has 7 heteroatoms. The van der Waals surface area contributed by atoms with Crippen LogP contribution < -0.4 is 5.32 Å². The standard InChI is InChI=1S/C19H21N3O3S/c1-12-2-5-14(22(24)25)10-16(12)20-18(23)11-21-8-6-17-15(7-9-26-17)19(21)13-3-4-13/h2,5,7,9-10,13,19H,3-4,6,8,11H2,1H3,(H,20,23)/t19-/m0/s1. The van der Waals surface area contributed by atoms with E-state index in [9.17, 15) is 14.9 Å². The summed E-state index contributed by atoms with van der Waals surface area (Å²) in [6, 6.07) is 7.09. The molecule has 26 heavy (non-hydrogen) atoms. The summed E-state index contributed by atoms with van der Waals surface area (Å²) in [5.74, 6) is 0.536. The number of nitrogens with zero attached hydrogens (tertiary/aromatic N) is 2. The quantitative estimate of drug-likeness (QED) is 0.639. The lowest BCUT2D eigenvalue weighted by Crippen LogP contribution is -2.41. The second-order valence-electron chi connectivity index (χ2n) is 7.11. The molecule has 1 saturated carbocycles. The van der Waals surface area contributed by atoms with Gasteiger partial charge in [0, 0.05) is 29.6 Å². The Morgan fingerprint density at radius 3 is 2.92 bits per heavy atom. The van der Waals surface area contributed by atoms with Gasteiger partial charge < -0.3 is 5.32 Å². The zero-order chi connectivity index (χ0) is 18.3. The number of hydrogen-bond acceptors (Lipinski definition) is 5. The molecule has 1 aromatic carbocycles. The zero-order valence-corrected chi connectivity index (χ0v) is 15.4. The first-order valence-corrected chi connectivity index (χ1v) is 9.76. The van der Waals surface area contributed by atoms with Gasteiger partial charge in [0.15, 0.2) is 0 Å². The number of aryl methyl sites for hydroxylation is 1. The van der Waals surface area contributed by atoms with Crippen LogP contribution >= 0.6 is 11.3 Å². The van der Waals surface area contributed by atoms with E-state index in [2.05, 4.69) is 21.7 Å². The van der Waals surface area contributed by atoms with Gasteiger partial charge in [-0.2, -0.15) is 0 Å². The third-order valence-corrected chi connectivity index (χ3v) is 6.24. The number of amides is 1. The van der Waals surface area contributed by atoms with Crippen molar-refractivity contribution in [3.8, 4) is 0 Å². The van der Waals surface area contributed by atoms with Crippen molar-refractivity contribution in [2.75, 3.05) is 18.4 Å². The molecular weight excluding hydrogens is 350 g/mol.